The second-order valence-corrected chi connectivity index (χ2v) is 6.80. The van der Waals surface area contributed by atoms with Crippen molar-refractivity contribution in [3.8, 4) is 0 Å². The fourth-order valence-corrected chi connectivity index (χ4v) is 2.65. The molecule has 2 heterocycles. The molecule has 0 saturated carbocycles. The van der Waals surface area contributed by atoms with E-state index in [2.05, 4.69) is 4.98 Å². The number of hydrogen-bond acceptors (Lipinski definition) is 4. The minimum atomic E-state index is -0.882. The molecule has 0 aliphatic carbocycles. The molecule has 1 fully saturated rings. The lowest BCUT2D eigenvalue weighted by molar-refractivity contribution is -0.139. The highest BCUT2D eigenvalue weighted by Crippen LogP contribution is 2.22. The van der Waals surface area contributed by atoms with Gasteiger partial charge in [-0.15, -0.1) is 0 Å². The lowest BCUT2D eigenvalue weighted by atomic mass is 9.88. The number of aromatic nitrogens is 1. The van der Waals surface area contributed by atoms with Crippen LogP contribution in [0.4, 0.5) is 0 Å². The van der Waals surface area contributed by atoms with E-state index in [1.165, 1.54) is 6.20 Å². The lowest BCUT2D eigenvalue weighted by Gasteiger charge is -2.36. The van der Waals surface area contributed by atoms with Crippen LogP contribution in [0.15, 0.2) is 18.3 Å². The van der Waals surface area contributed by atoms with E-state index in [0.717, 1.165) is 0 Å². The topological polar surface area (TPSA) is 96.6 Å². The van der Waals surface area contributed by atoms with Crippen molar-refractivity contribution in [3.05, 3.63) is 29.0 Å². The van der Waals surface area contributed by atoms with Crippen molar-refractivity contribution < 1.29 is 14.4 Å². The molecule has 0 spiro atoms. The van der Waals surface area contributed by atoms with Crippen LogP contribution in [0.25, 0.3) is 0 Å². The summed E-state index contributed by atoms with van der Waals surface area (Å²) in [5.74, 6) is -0.834. The van der Waals surface area contributed by atoms with Crippen LogP contribution in [-0.4, -0.2) is 58.7 Å². The molecule has 3 amide bonds. The molecule has 7 nitrogen and oxygen atoms in total. The van der Waals surface area contributed by atoms with E-state index >= 15 is 0 Å². The second-order valence-electron chi connectivity index (χ2n) is 6.44. The first-order valence-electron chi connectivity index (χ1n) is 7.70. The zero-order chi connectivity index (χ0) is 17.9. The van der Waals surface area contributed by atoms with Crippen LogP contribution < -0.4 is 5.73 Å². The van der Waals surface area contributed by atoms with Gasteiger partial charge in [-0.25, -0.2) is 4.98 Å². The molecular weight excluding hydrogens is 332 g/mol. The van der Waals surface area contributed by atoms with Crippen molar-refractivity contribution in [1.29, 1.82) is 0 Å². The van der Waals surface area contributed by atoms with Gasteiger partial charge in [-0.2, -0.15) is 0 Å². The van der Waals surface area contributed by atoms with Gasteiger partial charge in [-0.3, -0.25) is 14.4 Å². The molecule has 2 N–H and O–H groups in total. The van der Waals surface area contributed by atoms with Gasteiger partial charge in [-0.1, -0.05) is 25.4 Å². The summed E-state index contributed by atoms with van der Waals surface area (Å²) in [6.07, 6.45) is 1.58. The van der Waals surface area contributed by atoms with Gasteiger partial charge in [-0.05, 0) is 12.1 Å². The molecular formula is C16H21ClN4O3. The average Bonchev–Trinajstić information content (AvgIpc) is 2.54. The van der Waals surface area contributed by atoms with Crippen LogP contribution in [0.3, 0.4) is 0 Å². The van der Waals surface area contributed by atoms with Gasteiger partial charge in [0, 0.05) is 38.8 Å². The number of primary amides is 1. The first-order chi connectivity index (χ1) is 11.2. The predicted molar refractivity (Wildman–Crippen MR) is 89.3 cm³/mol. The first-order valence-corrected chi connectivity index (χ1v) is 8.07. The van der Waals surface area contributed by atoms with Gasteiger partial charge in [0.25, 0.3) is 5.91 Å². The second kappa shape index (κ2) is 7.17. The van der Waals surface area contributed by atoms with Gasteiger partial charge < -0.3 is 15.5 Å². The molecule has 1 aliphatic heterocycles. The van der Waals surface area contributed by atoms with Gasteiger partial charge in [0.1, 0.15) is 5.15 Å². The van der Waals surface area contributed by atoms with Crippen LogP contribution in [0.5, 0.6) is 0 Å². The number of amides is 3. The Labute approximate surface area is 145 Å². The number of halogens is 1. The van der Waals surface area contributed by atoms with Crippen molar-refractivity contribution in [2.45, 2.75) is 20.3 Å². The van der Waals surface area contributed by atoms with E-state index < -0.39 is 11.3 Å². The van der Waals surface area contributed by atoms with Crippen molar-refractivity contribution in [1.82, 2.24) is 14.8 Å². The molecule has 1 aliphatic rings. The summed E-state index contributed by atoms with van der Waals surface area (Å²) in [6.45, 7) is 4.95. The van der Waals surface area contributed by atoms with Crippen molar-refractivity contribution in [3.63, 3.8) is 0 Å². The van der Waals surface area contributed by atoms with E-state index in [0.29, 0.717) is 31.7 Å². The number of rotatable bonds is 4. The van der Waals surface area contributed by atoms with E-state index in [1.807, 2.05) is 0 Å². The number of hydrogen-bond donors (Lipinski definition) is 1. The molecule has 0 radical (unpaired) electrons. The van der Waals surface area contributed by atoms with Crippen LogP contribution in [0, 0.1) is 5.41 Å². The largest absolute Gasteiger partial charge is 0.369 e. The van der Waals surface area contributed by atoms with E-state index in [-0.39, 0.29) is 23.4 Å². The maximum Gasteiger partial charge on any atom is 0.257 e. The maximum atomic E-state index is 12.5. The Morgan fingerprint density at radius 1 is 1.21 bits per heavy atom. The van der Waals surface area contributed by atoms with Gasteiger partial charge in [0.15, 0.2) is 0 Å². The predicted octanol–water partition coefficient (Wildman–Crippen LogP) is 0.921. The maximum absolute atomic E-state index is 12.5. The normalized spacial score (nSPS) is 15.3. The highest BCUT2D eigenvalue weighted by molar-refractivity contribution is 6.32. The summed E-state index contributed by atoms with van der Waals surface area (Å²) in [6, 6.07) is 3.29. The third kappa shape index (κ3) is 4.03. The summed E-state index contributed by atoms with van der Waals surface area (Å²) < 4.78 is 0. The van der Waals surface area contributed by atoms with Crippen LogP contribution in [0.2, 0.25) is 5.15 Å². The molecule has 1 aromatic heterocycles. The number of nitrogens with two attached hydrogens (primary N) is 1. The summed E-state index contributed by atoms with van der Waals surface area (Å²) in [5, 5.41) is 0.171. The third-order valence-corrected chi connectivity index (χ3v) is 4.47. The van der Waals surface area contributed by atoms with E-state index in [4.69, 9.17) is 17.3 Å². The Bertz CT molecular complexity index is 654. The van der Waals surface area contributed by atoms with Gasteiger partial charge >= 0.3 is 0 Å². The Hall–Kier alpha value is -2.15. The van der Waals surface area contributed by atoms with E-state index in [9.17, 15) is 14.4 Å². The van der Waals surface area contributed by atoms with Crippen molar-refractivity contribution in [2.24, 2.45) is 11.1 Å². The molecule has 130 valence electrons. The van der Waals surface area contributed by atoms with Crippen molar-refractivity contribution in [2.75, 3.05) is 26.2 Å². The van der Waals surface area contributed by atoms with Crippen LogP contribution in [-0.2, 0) is 9.59 Å². The molecule has 8 heteroatoms. The molecule has 0 unspecified atom stereocenters. The lowest BCUT2D eigenvalue weighted by Crippen LogP contribution is -2.51. The Morgan fingerprint density at radius 3 is 2.33 bits per heavy atom. The minimum absolute atomic E-state index is 0.0602. The fourth-order valence-electron chi connectivity index (χ4n) is 2.45. The summed E-state index contributed by atoms with van der Waals surface area (Å²) in [5.41, 5.74) is 4.78. The number of pyridine rings is 1. The standard InChI is InChI=1S/C16H21ClN4O3/c1-16(2,15(18)24)10-12(22)20-6-8-21(9-7-20)14(23)11-4-3-5-19-13(11)17/h3-5H,6-10H2,1-2H3,(H2,18,24). The number of nitrogens with zero attached hydrogens (tertiary/aromatic N) is 3. The SMILES string of the molecule is CC(C)(CC(=O)N1CCN(C(=O)c2cccnc2Cl)CC1)C(N)=O. The molecule has 0 bridgehead atoms. The highest BCUT2D eigenvalue weighted by Gasteiger charge is 2.32. The molecule has 0 aromatic carbocycles. The number of carbonyl (C=O) groups excluding carboxylic acids is 3. The Kier molecular flexibility index (Phi) is 5.43. The summed E-state index contributed by atoms with van der Waals surface area (Å²) in [4.78, 5) is 43.3. The minimum Gasteiger partial charge on any atom is -0.369 e. The Morgan fingerprint density at radius 2 is 1.79 bits per heavy atom. The zero-order valence-electron chi connectivity index (χ0n) is 13.8. The highest BCUT2D eigenvalue weighted by atomic mass is 35.5. The van der Waals surface area contributed by atoms with Gasteiger partial charge in [0.05, 0.1) is 11.0 Å². The van der Waals surface area contributed by atoms with Crippen molar-refractivity contribution >= 4 is 29.3 Å². The summed E-state index contributed by atoms with van der Waals surface area (Å²) >= 11 is 5.95. The fraction of sp³-hybridized carbons (Fsp3) is 0.500. The average molecular weight is 353 g/mol. The van der Waals surface area contributed by atoms with Crippen LogP contribution >= 0.6 is 11.6 Å². The van der Waals surface area contributed by atoms with E-state index in [1.54, 1.807) is 35.8 Å². The quantitative estimate of drug-likeness (QED) is 0.815. The molecule has 1 saturated heterocycles. The molecule has 0 atom stereocenters. The number of piperazine rings is 1. The van der Waals surface area contributed by atoms with Crippen LogP contribution in [0.1, 0.15) is 30.6 Å². The summed E-state index contributed by atoms with van der Waals surface area (Å²) in [7, 11) is 0. The zero-order valence-corrected chi connectivity index (χ0v) is 14.5. The van der Waals surface area contributed by atoms with Gasteiger partial charge in [0.2, 0.25) is 11.8 Å². The third-order valence-electron chi connectivity index (χ3n) is 4.17. The monoisotopic (exact) mass is 352 g/mol. The number of carbonyl (C=O) groups is 3. The first kappa shape index (κ1) is 18.2. The molecule has 24 heavy (non-hydrogen) atoms. The Balaban J connectivity index is 1.94. The molecule has 2 rings (SSSR count). The smallest absolute Gasteiger partial charge is 0.257 e. The molecule has 1 aromatic rings.